The zero-order valence-corrected chi connectivity index (χ0v) is 14.6. The third-order valence-electron chi connectivity index (χ3n) is 3.62. The number of benzene rings is 2. The summed E-state index contributed by atoms with van der Waals surface area (Å²) in [5.74, 6) is 0.902. The molecule has 0 saturated carbocycles. The van der Waals surface area contributed by atoms with Gasteiger partial charge in [-0.25, -0.2) is 9.78 Å². The molecule has 1 aromatic heterocycles. The molecule has 0 bridgehead atoms. The molecule has 25 heavy (non-hydrogen) atoms. The third-order valence-corrected chi connectivity index (χ3v) is 3.86. The van der Waals surface area contributed by atoms with Gasteiger partial charge in [0, 0.05) is 16.1 Å². The summed E-state index contributed by atoms with van der Waals surface area (Å²) in [5.41, 5.74) is 1.72. The van der Waals surface area contributed by atoms with Crippen LogP contribution in [0.3, 0.4) is 0 Å². The van der Waals surface area contributed by atoms with Crippen LogP contribution in [-0.2, 0) is 9.53 Å². The maximum absolute atomic E-state index is 11.4. The Morgan fingerprint density at radius 3 is 2.60 bits per heavy atom. The molecular weight excluding hydrogens is 340 g/mol. The second-order valence-electron chi connectivity index (χ2n) is 5.47. The Morgan fingerprint density at radius 1 is 1.12 bits per heavy atom. The van der Waals surface area contributed by atoms with Crippen LogP contribution >= 0.6 is 11.6 Å². The molecule has 0 amide bonds. The number of ether oxygens (including phenoxy) is 2. The minimum Gasteiger partial charge on any atom is -0.479 e. The van der Waals surface area contributed by atoms with Gasteiger partial charge in [-0.3, -0.25) is 0 Å². The predicted octanol–water partition coefficient (Wildman–Crippen LogP) is 4.57. The van der Waals surface area contributed by atoms with Gasteiger partial charge in [-0.15, -0.1) is 0 Å². The number of hydrogen-bond donors (Lipinski definition) is 1. The average Bonchev–Trinajstić information content (AvgIpc) is 2.62. The standard InChI is InChI=1S/C19H17ClN2O3/c1-12(19(23)24-2)25-16-7-5-15(6-8-16)21-18-10-3-13-11-14(20)4-9-17(13)22-18/h3-12H,1-2H3,(H,21,22). The first-order chi connectivity index (χ1) is 12.0. The summed E-state index contributed by atoms with van der Waals surface area (Å²) in [6, 6.07) is 16.7. The second-order valence-corrected chi connectivity index (χ2v) is 5.90. The number of esters is 1. The topological polar surface area (TPSA) is 60.5 Å². The lowest BCUT2D eigenvalue weighted by atomic mass is 10.2. The summed E-state index contributed by atoms with van der Waals surface area (Å²) < 4.78 is 10.1. The van der Waals surface area contributed by atoms with Crippen molar-refractivity contribution in [1.29, 1.82) is 0 Å². The number of aromatic nitrogens is 1. The van der Waals surface area contributed by atoms with Gasteiger partial charge < -0.3 is 14.8 Å². The number of hydrogen-bond acceptors (Lipinski definition) is 5. The Morgan fingerprint density at radius 2 is 1.88 bits per heavy atom. The molecule has 3 aromatic rings. The molecule has 3 rings (SSSR count). The average molecular weight is 357 g/mol. The highest BCUT2D eigenvalue weighted by atomic mass is 35.5. The summed E-state index contributed by atoms with van der Waals surface area (Å²) in [7, 11) is 1.33. The van der Waals surface area contributed by atoms with Gasteiger partial charge in [0.05, 0.1) is 12.6 Å². The van der Waals surface area contributed by atoms with E-state index in [1.807, 2.05) is 42.5 Å². The highest BCUT2D eigenvalue weighted by Gasteiger charge is 2.14. The molecular formula is C19H17ClN2O3. The highest BCUT2D eigenvalue weighted by molar-refractivity contribution is 6.31. The Bertz CT molecular complexity index is 897. The van der Waals surface area contributed by atoms with E-state index < -0.39 is 12.1 Å². The van der Waals surface area contributed by atoms with Gasteiger partial charge in [-0.05, 0) is 61.5 Å². The fraction of sp³-hybridized carbons (Fsp3) is 0.158. The molecule has 1 N–H and O–H groups in total. The SMILES string of the molecule is COC(=O)C(C)Oc1ccc(Nc2ccc3cc(Cl)ccc3n2)cc1. The van der Waals surface area contributed by atoms with E-state index >= 15 is 0 Å². The van der Waals surface area contributed by atoms with Crippen LogP contribution in [0.15, 0.2) is 54.6 Å². The van der Waals surface area contributed by atoms with E-state index in [1.54, 1.807) is 19.1 Å². The van der Waals surface area contributed by atoms with E-state index in [9.17, 15) is 4.79 Å². The quantitative estimate of drug-likeness (QED) is 0.678. The molecule has 1 unspecified atom stereocenters. The van der Waals surface area contributed by atoms with Crippen LogP contribution in [-0.4, -0.2) is 24.2 Å². The maximum Gasteiger partial charge on any atom is 0.346 e. The van der Waals surface area contributed by atoms with Gasteiger partial charge in [0.15, 0.2) is 6.10 Å². The summed E-state index contributed by atoms with van der Waals surface area (Å²) in [6.07, 6.45) is -0.655. The highest BCUT2D eigenvalue weighted by Crippen LogP contribution is 2.23. The van der Waals surface area contributed by atoms with Crippen molar-refractivity contribution >= 4 is 40.0 Å². The van der Waals surface area contributed by atoms with Gasteiger partial charge in [0.2, 0.25) is 0 Å². The zero-order chi connectivity index (χ0) is 17.8. The summed E-state index contributed by atoms with van der Waals surface area (Å²) >= 11 is 5.98. The van der Waals surface area contributed by atoms with E-state index in [4.69, 9.17) is 16.3 Å². The van der Waals surface area contributed by atoms with Crippen LogP contribution in [0.2, 0.25) is 5.02 Å². The normalized spacial score (nSPS) is 11.8. The van der Waals surface area contributed by atoms with Crippen LogP contribution in [0.4, 0.5) is 11.5 Å². The smallest absolute Gasteiger partial charge is 0.346 e. The fourth-order valence-electron chi connectivity index (χ4n) is 2.35. The van der Waals surface area contributed by atoms with Crippen LogP contribution in [0.1, 0.15) is 6.92 Å². The number of carbonyl (C=O) groups excluding carboxylic acids is 1. The van der Waals surface area contributed by atoms with Crippen molar-refractivity contribution in [2.24, 2.45) is 0 Å². The molecule has 0 radical (unpaired) electrons. The summed E-state index contributed by atoms with van der Waals surface area (Å²) in [5, 5.41) is 4.91. The Balaban J connectivity index is 1.71. The van der Waals surface area contributed by atoms with Gasteiger partial charge in [0.25, 0.3) is 0 Å². The van der Waals surface area contributed by atoms with Crippen molar-refractivity contribution in [2.45, 2.75) is 13.0 Å². The first-order valence-electron chi connectivity index (χ1n) is 7.73. The molecule has 128 valence electrons. The number of nitrogens with one attached hydrogen (secondary N) is 1. The van der Waals surface area contributed by atoms with Crippen molar-refractivity contribution < 1.29 is 14.3 Å². The van der Waals surface area contributed by atoms with E-state index in [0.29, 0.717) is 10.8 Å². The third kappa shape index (κ3) is 4.19. The molecule has 5 nitrogen and oxygen atoms in total. The lowest BCUT2D eigenvalue weighted by molar-refractivity contribution is -0.147. The van der Waals surface area contributed by atoms with Crippen molar-refractivity contribution in [3.05, 3.63) is 59.6 Å². The molecule has 6 heteroatoms. The van der Waals surface area contributed by atoms with Gasteiger partial charge in [-0.2, -0.15) is 0 Å². The minimum atomic E-state index is -0.655. The zero-order valence-electron chi connectivity index (χ0n) is 13.8. The monoisotopic (exact) mass is 356 g/mol. The molecule has 0 aliphatic heterocycles. The van der Waals surface area contributed by atoms with E-state index in [-0.39, 0.29) is 0 Å². The molecule has 0 aliphatic carbocycles. The fourth-order valence-corrected chi connectivity index (χ4v) is 2.53. The number of halogens is 1. The molecule has 0 aliphatic rings. The molecule has 1 heterocycles. The lowest BCUT2D eigenvalue weighted by Gasteiger charge is -2.13. The van der Waals surface area contributed by atoms with E-state index in [0.717, 1.165) is 22.4 Å². The number of carbonyl (C=O) groups is 1. The number of anilines is 2. The predicted molar refractivity (Wildman–Crippen MR) is 98.6 cm³/mol. The minimum absolute atomic E-state index is 0.414. The largest absolute Gasteiger partial charge is 0.479 e. The number of rotatable bonds is 5. The van der Waals surface area contributed by atoms with Crippen LogP contribution < -0.4 is 10.1 Å². The Hall–Kier alpha value is -2.79. The molecule has 0 fully saturated rings. The number of fused-ring (bicyclic) bond motifs is 1. The van der Waals surface area contributed by atoms with Crippen LogP contribution in [0, 0.1) is 0 Å². The van der Waals surface area contributed by atoms with Crippen molar-refractivity contribution in [3.63, 3.8) is 0 Å². The van der Waals surface area contributed by atoms with Crippen molar-refractivity contribution in [3.8, 4) is 5.75 Å². The molecule has 0 saturated heterocycles. The first kappa shape index (κ1) is 17.0. The molecule has 1 atom stereocenters. The molecule has 0 spiro atoms. The number of pyridine rings is 1. The number of nitrogens with zero attached hydrogens (tertiary/aromatic N) is 1. The second kappa shape index (κ2) is 7.40. The van der Waals surface area contributed by atoms with Crippen LogP contribution in [0.25, 0.3) is 10.9 Å². The van der Waals surface area contributed by atoms with E-state index in [1.165, 1.54) is 7.11 Å². The summed E-state index contributed by atoms with van der Waals surface area (Å²) in [4.78, 5) is 15.9. The van der Waals surface area contributed by atoms with Gasteiger partial charge >= 0.3 is 5.97 Å². The first-order valence-corrected chi connectivity index (χ1v) is 8.11. The maximum atomic E-state index is 11.4. The summed E-state index contributed by atoms with van der Waals surface area (Å²) in [6.45, 7) is 1.64. The molecule has 2 aromatic carbocycles. The number of methoxy groups -OCH3 is 1. The lowest BCUT2D eigenvalue weighted by Crippen LogP contribution is -2.24. The van der Waals surface area contributed by atoms with Crippen LogP contribution in [0.5, 0.6) is 5.75 Å². The van der Waals surface area contributed by atoms with Gasteiger partial charge in [0.1, 0.15) is 11.6 Å². The van der Waals surface area contributed by atoms with E-state index in [2.05, 4.69) is 15.0 Å². The Kier molecular flexibility index (Phi) is 5.05. The van der Waals surface area contributed by atoms with Crippen molar-refractivity contribution in [2.75, 3.05) is 12.4 Å². The van der Waals surface area contributed by atoms with Gasteiger partial charge in [-0.1, -0.05) is 11.6 Å². The van der Waals surface area contributed by atoms with Crippen molar-refractivity contribution in [1.82, 2.24) is 4.98 Å². The Labute approximate surface area is 150 Å².